The van der Waals surface area contributed by atoms with Crippen molar-refractivity contribution in [3.63, 3.8) is 0 Å². The fourth-order valence-corrected chi connectivity index (χ4v) is 1.32. The first kappa shape index (κ1) is 18.7. The van der Waals surface area contributed by atoms with E-state index in [0.717, 1.165) is 0 Å². The average Bonchev–Trinajstić information content (AvgIpc) is 2.43. The molecule has 7 nitrogen and oxygen atoms in total. The molecule has 7 heteroatoms. The first-order valence-corrected chi connectivity index (χ1v) is 6.63. The van der Waals surface area contributed by atoms with E-state index in [0.29, 0.717) is 59.3 Å². The van der Waals surface area contributed by atoms with Crippen molar-refractivity contribution < 1.29 is 29.5 Å². The molecule has 0 atom stereocenters. The summed E-state index contributed by atoms with van der Waals surface area (Å²) in [6.45, 7) is 4.20. The van der Waals surface area contributed by atoms with Crippen LogP contribution in [0.2, 0.25) is 0 Å². The fraction of sp³-hybridized carbons (Fsp3) is 1.00. The summed E-state index contributed by atoms with van der Waals surface area (Å²) in [7, 11) is 0. The highest BCUT2D eigenvalue weighted by Gasteiger charge is 2.05. The Balaban J connectivity index is 3.66. The lowest BCUT2D eigenvalue weighted by Gasteiger charge is -2.22. The molecule has 0 aliphatic carbocycles. The van der Waals surface area contributed by atoms with Crippen LogP contribution in [0.3, 0.4) is 0 Å². The van der Waals surface area contributed by atoms with Crippen molar-refractivity contribution in [3.05, 3.63) is 0 Å². The van der Waals surface area contributed by atoms with Gasteiger partial charge in [-0.15, -0.1) is 0 Å². The van der Waals surface area contributed by atoms with Crippen molar-refractivity contribution in [3.8, 4) is 0 Å². The van der Waals surface area contributed by atoms with E-state index in [9.17, 15) is 0 Å². The number of aliphatic hydroxyl groups is 3. The van der Waals surface area contributed by atoms with Crippen LogP contribution in [0.15, 0.2) is 0 Å². The van der Waals surface area contributed by atoms with Crippen molar-refractivity contribution in [2.75, 3.05) is 72.7 Å². The summed E-state index contributed by atoms with van der Waals surface area (Å²) in [5.74, 6) is 0. The van der Waals surface area contributed by atoms with Gasteiger partial charge in [0.2, 0.25) is 0 Å². The Labute approximate surface area is 114 Å². The molecule has 0 saturated heterocycles. The molecule has 116 valence electrons. The Hall–Kier alpha value is -0.280. The van der Waals surface area contributed by atoms with Crippen LogP contribution in [0.1, 0.15) is 6.42 Å². The molecule has 0 heterocycles. The maximum atomic E-state index is 8.65. The molecule has 0 aromatic rings. The summed E-state index contributed by atoms with van der Waals surface area (Å²) < 4.78 is 15.8. The molecule has 0 aromatic carbocycles. The lowest BCUT2D eigenvalue weighted by atomic mass is 10.5. The predicted molar refractivity (Wildman–Crippen MR) is 69.9 cm³/mol. The lowest BCUT2D eigenvalue weighted by molar-refractivity contribution is -0.0132. The zero-order chi connectivity index (χ0) is 14.2. The van der Waals surface area contributed by atoms with Gasteiger partial charge in [0.15, 0.2) is 0 Å². The predicted octanol–water partition coefficient (Wildman–Crippen LogP) is -1.34. The molecule has 0 radical (unpaired) electrons. The van der Waals surface area contributed by atoms with Gasteiger partial charge in [-0.25, -0.2) is 0 Å². The number of ether oxygens (including phenoxy) is 3. The van der Waals surface area contributed by atoms with Gasteiger partial charge in [0.25, 0.3) is 0 Å². The van der Waals surface area contributed by atoms with E-state index in [2.05, 4.69) is 0 Å². The van der Waals surface area contributed by atoms with Gasteiger partial charge in [0.05, 0.1) is 53.0 Å². The quantitative estimate of drug-likeness (QED) is 0.253. The number of rotatable bonds is 15. The molecule has 0 bridgehead atoms. The molecule has 0 amide bonds. The summed E-state index contributed by atoms with van der Waals surface area (Å²) in [4.78, 5) is 2.02. The highest BCUT2D eigenvalue weighted by Crippen LogP contribution is 1.92. The van der Waals surface area contributed by atoms with Crippen LogP contribution in [0.4, 0.5) is 0 Å². The smallest absolute Gasteiger partial charge is 0.0991 e. The van der Waals surface area contributed by atoms with Gasteiger partial charge in [0, 0.05) is 19.7 Å². The van der Waals surface area contributed by atoms with Crippen molar-refractivity contribution in [2.45, 2.75) is 6.42 Å². The summed E-state index contributed by atoms with van der Waals surface area (Å²) in [6, 6.07) is 0. The van der Waals surface area contributed by atoms with Gasteiger partial charge in [-0.05, 0) is 6.42 Å². The highest BCUT2D eigenvalue weighted by molar-refractivity contribution is 4.52. The number of aliphatic hydroxyl groups excluding tert-OH is 3. The first-order valence-electron chi connectivity index (χ1n) is 6.63. The second kappa shape index (κ2) is 15.8. The van der Waals surface area contributed by atoms with Crippen molar-refractivity contribution in [1.82, 2.24) is 4.90 Å². The number of hydrogen-bond acceptors (Lipinski definition) is 7. The van der Waals surface area contributed by atoms with Crippen molar-refractivity contribution in [2.24, 2.45) is 0 Å². The minimum absolute atomic E-state index is 0.0204. The molecular formula is C12H27NO6. The summed E-state index contributed by atoms with van der Waals surface area (Å²) in [5, 5.41) is 25.9. The Morgan fingerprint density at radius 2 is 1.21 bits per heavy atom. The second-order valence-corrected chi connectivity index (χ2v) is 3.90. The zero-order valence-electron chi connectivity index (χ0n) is 11.5. The largest absolute Gasteiger partial charge is 0.396 e. The van der Waals surface area contributed by atoms with Crippen LogP contribution in [0.25, 0.3) is 0 Å². The minimum atomic E-state index is 0.0204. The molecule has 0 aromatic heterocycles. The van der Waals surface area contributed by atoms with E-state index in [4.69, 9.17) is 29.5 Å². The van der Waals surface area contributed by atoms with Gasteiger partial charge in [-0.3, -0.25) is 4.90 Å². The molecule has 0 aliphatic rings. The van der Waals surface area contributed by atoms with Crippen LogP contribution in [0, 0.1) is 0 Å². The van der Waals surface area contributed by atoms with Crippen molar-refractivity contribution >= 4 is 0 Å². The average molecular weight is 281 g/mol. The van der Waals surface area contributed by atoms with Gasteiger partial charge in [0.1, 0.15) is 0 Å². The third-order valence-electron chi connectivity index (χ3n) is 2.30. The summed E-state index contributed by atoms with van der Waals surface area (Å²) in [6.07, 6.45) is 0.621. The van der Waals surface area contributed by atoms with Crippen LogP contribution in [-0.2, 0) is 14.2 Å². The first-order chi connectivity index (χ1) is 9.35. The van der Waals surface area contributed by atoms with Crippen LogP contribution in [-0.4, -0.2) is 92.9 Å². The topological polar surface area (TPSA) is 91.6 Å². The molecular weight excluding hydrogens is 254 g/mol. The monoisotopic (exact) mass is 281 g/mol. The van der Waals surface area contributed by atoms with Crippen molar-refractivity contribution in [1.29, 1.82) is 0 Å². The van der Waals surface area contributed by atoms with E-state index in [-0.39, 0.29) is 19.8 Å². The van der Waals surface area contributed by atoms with E-state index in [1.54, 1.807) is 0 Å². The maximum absolute atomic E-state index is 8.65. The van der Waals surface area contributed by atoms with Gasteiger partial charge in [-0.1, -0.05) is 0 Å². The molecule has 0 fully saturated rings. The van der Waals surface area contributed by atoms with E-state index >= 15 is 0 Å². The fourth-order valence-electron chi connectivity index (χ4n) is 1.32. The third-order valence-corrected chi connectivity index (χ3v) is 2.30. The summed E-state index contributed by atoms with van der Waals surface area (Å²) >= 11 is 0. The van der Waals surface area contributed by atoms with Gasteiger partial charge in [-0.2, -0.15) is 0 Å². The molecule has 0 spiro atoms. The number of hydrogen-bond donors (Lipinski definition) is 3. The van der Waals surface area contributed by atoms with E-state index < -0.39 is 0 Å². The van der Waals surface area contributed by atoms with Crippen LogP contribution >= 0.6 is 0 Å². The lowest BCUT2D eigenvalue weighted by Crippen LogP contribution is -2.33. The number of nitrogens with zero attached hydrogens (tertiary/aromatic N) is 1. The normalized spacial score (nSPS) is 11.4. The Morgan fingerprint density at radius 1 is 0.632 bits per heavy atom. The molecule has 19 heavy (non-hydrogen) atoms. The Bertz CT molecular complexity index is 144. The SMILES string of the molecule is OCCCOCN(CCOCCO)CCOCCO. The molecule has 3 N–H and O–H groups in total. The Morgan fingerprint density at radius 3 is 1.68 bits per heavy atom. The third kappa shape index (κ3) is 13.9. The van der Waals surface area contributed by atoms with Gasteiger partial charge < -0.3 is 29.5 Å². The molecule has 0 saturated carbocycles. The standard InChI is InChI=1S/C12H27NO6/c14-4-1-7-19-12-13(2-8-17-10-5-15)3-9-18-11-6-16/h14-16H,1-12H2. The van der Waals surface area contributed by atoms with Crippen LogP contribution < -0.4 is 0 Å². The highest BCUT2D eigenvalue weighted by atomic mass is 16.5. The Kier molecular flexibility index (Phi) is 15.5. The molecule has 0 aliphatic heterocycles. The van der Waals surface area contributed by atoms with E-state index in [1.807, 2.05) is 4.90 Å². The zero-order valence-corrected chi connectivity index (χ0v) is 11.5. The minimum Gasteiger partial charge on any atom is -0.396 e. The summed E-state index contributed by atoms with van der Waals surface area (Å²) in [5.41, 5.74) is 0. The van der Waals surface area contributed by atoms with Gasteiger partial charge >= 0.3 is 0 Å². The van der Waals surface area contributed by atoms with E-state index in [1.165, 1.54) is 0 Å². The van der Waals surface area contributed by atoms with Crippen LogP contribution in [0.5, 0.6) is 0 Å². The molecule has 0 unspecified atom stereocenters. The second-order valence-electron chi connectivity index (χ2n) is 3.90. The maximum Gasteiger partial charge on any atom is 0.0991 e. The molecule has 0 rings (SSSR count).